The molecule has 0 heterocycles. The van der Waals surface area contributed by atoms with Crippen LogP contribution in [0.25, 0.3) is 0 Å². The summed E-state index contributed by atoms with van der Waals surface area (Å²) < 4.78 is 26.4. The second-order valence-electron chi connectivity index (χ2n) is 3.47. The Labute approximate surface area is 106 Å². The maximum atomic E-state index is 12.0. The highest BCUT2D eigenvalue weighted by molar-refractivity contribution is 7.92. The van der Waals surface area contributed by atoms with Gasteiger partial charge in [0.05, 0.1) is 4.90 Å². The minimum atomic E-state index is -3.50. The topological polar surface area (TPSA) is 46.2 Å². The average molecular weight is 265 g/mol. The molecule has 2 rings (SSSR count). The second kappa shape index (κ2) is 4.81. The van der Waals surface area contributed by atoms with Crippen LogP contribution in [0.2, 0.25) is 0 Å². The standard InChI is InChI=1S/C12H11NO2S2/c14-17(15,12-4-2-1-3-5-12)13-10-6-8-11(16)9-7-10/h1-9,13,16H. The van der Waals surface area contributed by atoms with Gasteiger partial charge in [0.15, 0.2) is 0 Å². The molecular weight excluding hydrogens is 254 g/mol. The summed E-state index contributed by atoms with van der Waals surface area (Å²) in [6.45, 7) is 0. The molecule has 0 bridgehead atoms. The summed E-state index contributed by atoms with van der Waals surface area (Å²) in [5.74, 6) is 0. The summed E-state index contributed by atoms with van der Waals surface area (Å²) in [6, 6.07) is 15.0. The van der Waals surface area contributed by atoms with Gasteiger partial charge in [-0.25, -0.2) is 8.42 Å². The Kier molecular flexibility index (Phi) is 3.40. The molecule has 0 amide bonds. The van der Waals surface area contributed by atoms with E-state index in [-0.39, 0.29) is 4.90 Å². The van der Waals surface area contributed by atoms with Crippen LogP contribution in [0.15, 0.2) is 64.4 Å². The molecule has 0 saturated carbocycles. The Bertz CT molecular complexity index is 592. The van der Waals surface area contributed by atoms with Crippen LogP contribution in [-0.2, 0) is 10.0 Å². The lowest BCUT2D eigenvalue weighted by molar-refractivity contribution is 0.601. The van der Waals surface area contributed by atoms with Crippen molar-refractivity contribution < 1.29 is 8.42 Å². The van der Waals surface area contributed by atoms with Crippen molar-refractivity contribution in [2.45, 2.75) is 9.79 Å². The predicted octanol–water partition coefficient (Wildman–Crippen LogP) is 2.78. The minimum absolute atomic E-state index is 0.245. The molecule has 0 aliphatic heterocycles. The minimum Gasteiger partial charge on any atom is -0.280 e. The van der Waals surface area contributed by atoms with Gasteiger partial charge in [-0.05, 0) is 36.4 Å². The summed E-state index contributed by atoms with van der Waals surface area (Å²) in [6.07, 6.45) is 0. The van der Waals surface area contributed by atoms with Crippen molar-refractivity contribution in [1.29, 1.82) is 0 Å². The molecule has 1 N–H and O–H groups in total. The molecule has 88 valence electrons. The van der Waals surface area contributed by atoms with Crippen LogP contribution >= 0.6 is 12.6 Å². The van der Waals surface area contributed by atoms with Crippen molar-refractivity contribution in [3.05, 3.63) is 54.6 Å². The third-order valence-electron chi connectivity index (χ3n) is 2.17. The molecule has 0 fully saturated rings. The molecule has 0 aliphatic rings. The molecule has 3 nitrogen and oxygen atoms in total. The molecule has 2 aromatic rings. The van der Waals surface area contributed by atoms with Gasteiger partial charge in [0.2, 0.25) is 0 Å². The normalized spacial score (nSPS) is 11.1. The molecule has 0 saturated heterocycles. The van der Waals surface area contributed by atoms with Gasteiger partial charge in [0.1, 0.15) is 0 Å². The summed E-state index contributed by atoms with van der Waals surface area (Å²) in [7, 11) is -3.50. The Balaban J connectivity index is 2.27. The average Bonchev–Trinajstić information content (AvgIpc) is 2.33. The van der Waals surface area contributed by atoms with E-state index in [1.165, 1.54) is 0 Å². The van der Waals surface area contributed by atoms with E-state index in [9.17, 15) is 8.42 Å². The van der Waals surface area contributed by atoms with E-state index < -0.39 is 10.0 Å². The monoisotopic (exact) mass is 265 g/mol. The third-order valence-corrected chi connectivity index (χ3v) is 3.87. The summed E-state index contributed by atoms with van der Waals surface area (Å²) in [5.41, 5.74) is 0.520. The molecule has 0 aromatic heterocycles. The Morgan fingerprint density at radius 2 is 1.47 bits per heavy atom. The lowest BCUT2D eigenvalue weighted by Gasteiger charge is -2.07. The van der Waals surface area contributed by atoms with Crippen molar-refractivity contribution in [1.82, 2.24) is 0 Å². The van der Waals surface area contributed by atoms with E-state index in [4.69, 9.17) is 0 Å². The Morgan fingerprint density at radius 3 is 2.06 bits per heavy atom. The van der Waals surface area contributed by atoms with Gasteiger partial charge in [-0.2, -0.15) is 0 Å². The summed E-state index contributed by atoms with van der Waals surface area (Å²) in [5, 5.41) is 0. The van der Waals surface area contributed by atoms with E-state index in [0.29, 0.717) is 5.69 Å². The molecule has 0 radical (unpaired) electrons. The number of hydrogen-bond acceptors (Lipinski definition) is 3. The van der Waals surface area contributed by atoms with Crippen LogP contribution in [0.1, 0.15) is 0 Å². The molecule has 17 heavy (non-hydrogen) atoms. The number of hydrogen-bond donors (Lipinski definition) is 2. The third kappa shape index (κ3) is 3.01. The van der Waals surface area contributed by atoms with E-state index in [2.05, 4.69) is 17.4 Å². The number of rotatable bonds is 3. The SMILES string of the molecule is O=S(=O)(Nc1ccc(S)cc1)c1ccccc1. The molecule has 2 aromatic carbocycles. The highest BCUT2D eigenvalue weighted by Crippen LogP contribution is 2.17. The maximum absolute atomic E-state index is 12.0. The van der Waals surface area contributed by atoms with Crippen LogP contribution in [0.5, 0.6) is 0 Å². The van der Waals surface area contributed by atoms with Crippen molar-refractivity contribution in [3.63, 3.8) is 0 Å². The first kappa shape index (κ1) is 12.0. The van der Waals surface area contributed by atoms with E-state index >= 15 is 0 Å². The van der Waals surface area contributed by atoms with Crippen LogP contribution in [-0.4, -0.2) is 8.42 Å². The molecule has 0 aliphatic carbocycles. The van der Waals surface area contributed by atoms with Crippen LogP contribution < -0.4 is 4.72 Å². The first-order valence-corrected chi connectivity index (χ1v) is 6.88. The molecule has 0 spiro atoms. The molecule has 0 atom stereocenters. The van der Waals surface area contributed by atoms with Crippen LogP contribution in [0, 0.1) is 0 Å². The Hall–Kier alpha value is -1.46. The molecule has 0 unspecified atom stereocenters. The molecule has 5 heteroatoms. The summed E-state index contributed by atoms with van der Waals surface area (Å²) >= 11 is 4.14. The lowest BCUT2D eigenvalue weighted by atomic mass is 10.3. The van der Waals surface area contributed by atoms with Gasteiger partial charge in [-0.1, -0.05) is 18.2 Å². The predicted molar refractivity (Wildman–Crippen MR) is 70.9 cm³/mol. The smallest absolute Gasteiger partial charge is 0.261 e. The van der Waals surface area contributed by atoms with Gasteiger partial charge in [0.25, 0.3) is 10.0 Å². The maximum Gasteiger partial charge on any atom is 0.261 e. The van der Waals surface area contributed by atoms with E-state index in [1.54, 1.807) is 54.6 Å². The zero-order chi connectivity index (χ0) is 12.3. The number of sulfonamides is 1. The first-order chi connectivity index (χ1) is 8.08. The zero-order valence-corrected chi connectivity index (χ0v) is 10.6. The van der Waals surface area contributed by atoms with Crippen LogP contribution in [0.4, 0.5) is 5.69 Å². The van der Waals surface area contributed by atoms with Gasteiger partial charge in [-0.3, -0.25) is 4.72 Å². The highest BCUT2D eigenvalue weighted by Gasteiger charge is 2.12. The first-order valence-electron chi connectivity index (χ1n) is 4.95. The fraction of sp³-hybridized carbons (Fsp3) is 0. The second-order valence-corrected chi connectivity index (χ2v) is 5.66. The van der Waals surface area contributed by atoms with E-state index in [0.717, 1.165) is 4.90 Å². The largest absolute Gasteiger partial charge is 0.280 e. The van der Waals surface area contributed by atoms with E-state index in [1.807, 2.05) is 0 Å². The van der Waals surface area contributed by atoms with Crippen molar-refractivity contribution in [2.75, 3.05) is 4.72 Å². The van der Waals surface area contributed by atoms with Crippen molar-refractivity contribution >= 4 is 28.3 Å². The van der Waals surface area contributed by atoms with Crippen molar-refractivity contribution in [3.8, 4) is 0 Å². The quantitative estimate of drug-likeness (QED) is 0.838. The number of anilines is 1. The summed E-state index contributed by atoms with van der Waals surface area (Å²) in [4.78, 5) is 1.03. The highest BCUT2D eigenvalue weighted by atomic mass is 32.2. The lowest BCUT2D eigenvalue weighted by Crippen LogP contribution is -2.12. The Morgan fingerprint density at radius 1 is 0.882 bits per heavy atom. The fourth-order valence-corrected chi connectivity index (χ4v) is 2.57. The fourth-order valence-electron chi connectivity index (χ4n) is 1.34. The van der Waals surface area contributed by atoms with Gasteiger partial charge in [0, 0.05) is 10.6 Å². The van der Waals surface area contributed by atoms with Gasteiger partial charge >= 0.3 is 0 Å². The molecular formula is C12H11NO2S2. The van der Waals surface area contributed by atoms with Crippen LogP contribution in [0.3, 0.4) is 0 Å². The zero-order valence-electron chi connectivity index (χ0n) is 8.87. The van der Waals surface area contributed by atoms with Gasteiger partial charge in [-0.15, -0.1) is 12.6 Å². The number of nitrogens with one attached hydrogen (secondary N) is 1. The number of thiol groups is 1. The van der Waals surface area contributed by atoms with Gasteiger partial charge < -0.3 is 0 Å². The van der Waals surface area contributed by atoms with Crippen molar-refractivity contribution in [2.24, 2.45) is 0 Å². The number of benzene rings is 2.